The van der Waals surface area contributed by atoms with Gasteiger partial charge in [-0.2, -0.15) is 0 Å². The molecular formula is C16H27NO2. The predicted molar refractivity (Wildman–Crippen MR) is 80.1 cm³/mol. The first kappa shape index (κ1) is 15.8. The fourth-order valence-corrected chi connectivity index (χ4v) is 1.99. The molecule has 0 aliphatic rings. The topological polar surface area (TPSA) is 30.5 Å². The van der Waals surface area contributed by atoms with E-state index in [0.29, 0.717) is 0 Å². The zero-order valence-electron chi connectivity index (χ0n) is 12.8. The summed E-state index contributed by atoms with van der Waals surface area (Å²) >= 11 is 0. The molecule has 2 atom stereocenters. The lowest BCUT2D eigenvalue weighted by atomic mass is 10.1. The van der Waals surface area contributed by atoms with Crippen LogP contribution in [0.3, 0.4) is 0 Å². The third-order valence-electron chi connectivity index (χ3n) is 3.28. The minimum atomic E-state index is 0.212. The molecule has 3 nitrogen and oxygen atoms in total. The molecule has 1 rings (SSSR count). The fraction of sp³-hybridized carbons (Fsp3) is 0.625. The summed E-state index contributed by atoms with van der Waals surface area (Å²) in [6.45, 7) is 9.52. The Morgan fingerprint density at radius 3 is 2.42 bits per heavy atom. The van der Waals surface area contributed by atoms with Gasteiger partial charge in [0.1, 0.15) is 11.5 Å². The Hall–Kier alpha value is -1.22. The van der Waals surface area contributed by atoms with E-state index in [9.17, 15) is 0 Å². The Balaban J connectivity index is 3.01. The quantitative estimate of drug-likeness (QED) is 0.772. The minimum absolute atomic E-state index is 0.212. The first-order chi connectivity index (χ1) is 9.13. The second-order valence-corrected chi connectivity index (χ2v) is 4.88. The Labute approximate surface area is 117 Å². The molecule has 1 aromatic carbocycles. The summed E-state index contributed by atoms with van der Waals surface area (Å²) in [7, 11) is 1.71. The summed E-state index contributed by atoms with van der Waals surface area (Å²) in [6, 6.07) is 6.21. The first-order valence-electron chi connectivity index (χ1n) is 7.20. The highest BCUT2D eigenvalue weighted by Gasteiger charge is 2.17. The molecule has 0 spiro atoms. The second-order valence-electron chi connectivity index (χ2n) is 4.88. The summed E-state index contributed by atoms with van der Waals surface area (Å²) in [5.74, 6) is 1.81. The molecule has 1 N–H and O–H groups in total. The Morgan fingerprint density at radius 2 is 1.84 bits per heavy atom. The SMILES string of the molecule is CCCNC(C)c1c(OC)cccc1OC(C)CC. The standard InChI is InChI=1S/C16H27NO2/c1-6-11-17-13(4)16-14(18-5)9-8-10-15(16)19-12(3)7-2/h8-10,12-13,17H,6-7,11H2,1-5H3. The maximum Gasteiger partial charge on any atom is 0.128 e. The van der Waals surface area contributed by atoms with Gasteiger partial charge >= 0.3 is 0 Å². The van der Waals surface area contributed by atoms with Gasteiger partial charge in [-0.15, -0.1) is 0 Å². The van der Waals surface area contributed by atoms with E-state index in [-0.39, 0.29) is 12.1 Å². The van der Waals surface area contributed by atoms with Gasteiger partial charge in [-0.3, -0.25) is 0 Å². The van der Waals surface area contributed by atoms with E-state index < -0.39 is 0 Å². The molecule has 3 heteroatoms. The normalized spacial score (nSPS) is 13.9. The maximum absolute atomic E-state index is 6.02. The molecule has 2 unspecified atom stereocenters. The van der Waals surface area contributed by atoms with Gasteiger partial charge in [0.15, 0.2) is 0 Å². The van der Waals surface area contributed by atoms with Gasteiger partial charge in [-0.05, 0) is 45.4 Å². The number of nitrogens with one attached hydrogen (secondary N) is 1. The van der Waals surface area contributed by atoms with Crippen LogP contribution in [-0.2, 0) is 0 Å². The largest absolute Gasteiger partial charge is 0.496 e. The summed E-state index contributed by atoms with van der Waals surface area (Å²) < 4.78 is 11.5. The minimum Gasteiger partial charge on any atom is -0.496 e. The third-order valence-corrected chi connectivity index (χ3v) is 3.28. The van der Waals surface area contributed by atoms with Gasteiger partial charge in [-0.25, -0.2) is 0 Å². The predicted octanol–water partition coefficient (Wildman–Crippen LogP) is 3.93. The van der Waals surface area contributed by atoms with Crippen molar-refractivity contribution in [3.05, 3.63) is 23.8 Å². The highest BCUT2D eigenvalue weighted by Crippen LogP contribution is 2.34. The molecule has 0 fully saturated rings. The molecule has 108 valence electrons. The molecule has 0 aromatic heterocycles. The van der Waals surface area contributed by atoms with Crippen LogP contribution in [0.4, 0.5) is 0 Å². The molecule has 0 amide bonds. The molecule has 0 aliphatic carbocycles. The lowest BCUT2D eigenvalue weighted by molar-refractivity contribution is 0.212. The van der Waals surface area contributed by atoms with Crippen molar-refractivity contribution in [1.82, 2.24) is 5.32 Å². The lowest BCUT2D eigenvalue weighted by Crippen LogP contribution is -2.21. The number of methoxy groups -OCH3 is 1. The smallest absolute Gasteiger partial charge is 0.128 e. The van der Waals surface area contributed by atoms with Gasteiger partial charge in [0.05, 0.1) is 18.8 Å². The molecule has 0 heterocycles. The number of ether oxygens (including phenoxy) is 2. The Kier molecular flexibility index (Phi) is 6.71. The van der Waals surface area contributed by atoms with Crippen LogP contribution in [0.15, 0.2) is 18.2 Å². The zero-order chi connectivity index (χ0) is 14.3. The second kappa shape index (κ2) is 8.05. The molecule has 0 radical (unpaired) electrons. The molecule has 0 saturated carbocycles. The number of hydrogen-bond acceptors (Lipinski definition) is 3. The molecule has 0 aliphatic heterocycles. The highest BCUT2D eigenvalue weighted by molar-refractivity contribution is 5.46. The van der Waals surface area contributed by atoms with Crippen molar-refractivity contribution in [2.75, 3.05) is 13.7 Å². The molecule has 19 heavy (non-hydrogen) atoms. The third kappa shape index (κ3) is 4.43. The van der Waals surface area contributed by atoms with E-state index in [2.05, 4.69) is 33.0 Å². The van der Waals surface area contributed by atoms with E-state index in [0.717, 1.165) is 36.4 Å². The summed E-state index contributed by atoms with van der Waals surface area (Å²) in [6.07, 6.45) is 2.32. The van der Waals surface area contributed by atoms with Crippen molar-refractivity contribution in [3.8, 4) is 11.5 Å². The summed E-state index contributed by atoms with van der Waals surface area (Å²) in [5, 5.41) is 3.49. The van der Waals surface area contributed by atoms with Gasteiger partial charge in [0.2, 0.25) is 0 Å². The van der Waals surface area contributed by atoms with Crippen LogP contribution in [0, 0.1) is 0 Å². The average molecular weight is 265 g/mol. The lowest BCUT2D eigenvalue weighted by Gasteiger charge is -2.22. The van der Waals surface area contributed by atoms with Gasteiger partial charge in [0, 0.05) is 6.04 Å². The van der Waals surface area contributed by atoms with Crippen molar-refractivity contribution in [1.29, 1.82) is 0 Å². The molecule has 0 bridgehead atoms. The average Bonchev–Trinajstić information content (AvgIpc) is 2.44. The van der Waals surface area contributed by atoms with E-state index in [1.165, 1.54) is 0 Å². The van der Waals surface area contributed by atoms with E-state index in [4.69, 9.17) is 9.47 Å². The van der Waals surface area contributed by atoms with Gasteiger partial charge in [-0.1, -0.05) is 19.9 Å². The van der Waals surface area contributed by atoms with Crippen LogP contribution in [0.2, 0.25) is 0 Å². The number of hydrogen-bond donors (Lipinski definition) is 1. The van der Waals surface area contributed by atoms with E-state index in [1.54, 1.807) is 7.11 Å². The van der Waals surface area contributed by atoms with Gasteiger partial charge in [0.25, 0.3) is 0 Å². The maximum atomic E-state index is 6.02. The summed E-state index contributed by atoms with van der Waals surface area (Å²) in [5.41, 5.74) is 1.11. The van der Waals surface area contributed by atoms with E-state index in [1.807, 2.05) is 18.2 Å². The van der Waals surface area contributed by atoms with Crippen LogP contribution < -0.4 is 14.8 Å². The number of rotatable bonds is 8. The molecular weight excluding hydrogens is 238 g/mol. The van der Waals surface area contributed by atoms with Crippen LogP contribution in [0.5, 0.6) is 11.5 Å². The molecule has 0 saturated heterocycles. The Bertz CT molecular complexity index is 379. The van der Waals surface area contributed by atoms with Crippen LogP contribution in [0.1, 0.15) is 52.1 Å². The monoisotopic (exact) mass is 265 g/mol. The van der Waals surface area contributed by atoms with Crippen LogP contribution in [-0.4, -0.2) is 19.8 Å². The van der Waals surface area contributed by atoms with Crippen molar-refractivity contribution < 1.29 is 9.47 Å². The van der Waals surface area contributed by atoms with Crippen molar-refractivity contribution in [3.63, 3.8) is 0 Å². The zero-order valence-corrected chi connectivity index (χ0v) is 12.8. The van der Waals surface area contributed by atoms with Gasteiger partial charge < -0.3 is 14.8 Å². The van der Waals surface area contributed by atoms with Crippen molar-refractivity contribution >= 4 is 0 Å². The number of benzene rings is 1. The molecule has 1 aromatic rings. The van der Waals surface area contributed by atoms with Crippen LogP contribution in [0.25, 0.3) is 0 Å². The highest BCUT2D eigenvalue weighted by atomic mass is 16.5. The van der Waals surface area contributed by atoms with E-state index >= 15 is 0 Å². The van der Waals surface area contributed by atoms with Crippen molar-refractivity contribution in [2.24, 2.45) is 0 Å². The van der Waals surface area contributed by atoms with Crippen LogP contribution >= 0.6 is 0 Å². The Morgan fingerprint density at radius 1 is 1.16 bits per heavy atom. The first-order valence-corrected chi connectivity index (χ1v) is 7.20. The summed E-state index contributed by atoms with van der Waals surface area (Å²) in [4.78, 5) is 0. The van der Waals surface area contributed by atoms with Crippen molar-refractivity contribution in [2.45, 2.75) is 52.7 Å². The fourth-order valence-electron chi connectivity index (χ4n) is 1.99.